The van der Waals surface area contributed by atoms with Gasteiger partial charge in [0.25, 0.3) is 5.91 Å². The van der Waals surface area contributed by atoms with Crippen LogP contribution in [0.15, 0.2) is 24.3 Å². The van der Waals surface area contributed by atoms with Gasteiger partial charge < -0.3 is 19.5 Å². The van der Waals surface area contributed by atoms with E-state index in [1.807, 2.05) is 12.1 Å². The second kappa shape index (κ2) is 7.66. The summed E-state index contributed by atoms with van der Waals surface area (Å²) in [6.07, 6.45) is 4.40. The van der Waals surface area contributed by atoms with Crippen LogP contribution in [0.3, 0.4) is 0 Å². The smallest absolute Gasteiger partial charge is 0.306 e. The number of carboxylic acids is 1. The fourth-order valence-electron chi connectivity index (χ4n) is 3.28. The minimum Gasteiger partial charge on any atom is -0.490 e. The summed E-state index contributed by atoms with van der Waals surface area (Å²) in [5, 5.41) is 8.86. The predicted molar refractivity (Wildman–Crippen MR) is 87.2 cm³/mol. The number of ether oxygens (including phenoxy) is 2. The standard InChI is InChI=1S/C18H23NO5/c20-17(21)11-16-12-19(9-10-23-16)18(22)13-5-7-15(8-6-13)24-14-3-1-2-4-14/h5-8,14,16H,1-4,9-12H2,(H,20,21)/t16-/m1/s1. The molecule has 1 saturated heterocycles. The zero-order valence-electron chi connectivity index (χ0n) is 13.6. The maximum atomic E-state index is 12.6. The molecule has 130 valence electrons. The Morgan fingerprint density at radius 1 is 1.21 bits per heavy atom. The van der Waals surface area contributed by atoms with Crippen LogP contribution in [0.4, 0.5) is 0 Å². The van der Waals surface area contributed by atoms with E-state index in [1.165, 1.54) is 12.8 Å². The number of hydrogen-bond acceptors (Lipinski definition) is 4. The number of rotatable bonds is 5. The molecule has 0 bridgehead atoms. The van der Waals surface area contributed by atoms with Crippen LogP contribution in [0.25, 0.3) is 0 Å². The van der Waals surface area contributed by atoms with E-state index in [4.69, 9.17) is 14.6 Å². The Morgan fingerprint density at radius 3 is 2.58 bits per heavy atom. The van der Waals surface area contributed by atoms with E-state index in [0.717, 1.165) is 18.6 Å². The molecule has 3 rings (SSSR count). The fourth-order valence-corrected chi connectivity index (χ4v) is 3.28. The Labute approximate surface area is 141 Å². The molecule has 2 fully saturated rings. The number of aliphatic carboxylic acids is 1. The number of nitrogens with zero attached hydrogens (tertiary/aromatic N) is 1. The van der Waals surface area contributed by atoms with Crippen molar-refractivity contribution in [2.75, 3.05) is 19.7 Å². The average molecular weight is 333 g/mol. The van der Waals surface area contributed by atoms with E-state index in [1.54, 1.807) is 17.0 Å². The average Bonchev–Trinajstić information content (AvgIpc) is 3.07. The number of hydrogen-bond donors (Lipinski definition) is 1. The third-order valence-electron chi connectivity index (χ3n) is 4.53. The Balaban J connectivity index is 1.58. The SMILES string of the molecule is O=C(O)C[C@@H]1CN(C(=O)c2ccc(OC3CCCC3)cc2)CCO1. The summed E-state index contributed by atoms with van der Waals surface area (Å²) in [6, 6.07) is 7.21. The van der Waals surface area contributed by atoms with Gasteiger partial charge in [-0.2, -0.15) is 0 Å². The third-order valence-corrected chi connectivity index (χ3v) is 4.53. The Morgan fingerprint density at radius 2 is 1.92 bits per heavy atom. The van der Waals surface area contributed by atoms with Crippen molar-refractivity contribution in [3.05, 3.63) is 29.8 Å². The molecule has 0 unspecified atom stereocenters. The molecular weight excluding hydrogens is 310 g/mol. The molecule has 1 aromatic rings. The monoisotopic (exact) mass is 333 g/mol. The van der Waals surface area contributed by atoms with Gasteiger partial charge in [0.2, 0.25) is 0 Å². The maximum Gasteiger partial charge on any atom is 0.306 e. The number of carbonyl (C=O) groups is 2. The van der Waals surface area contributed by atoms with Crippen molar-refractivity contribution in [1.29, 1.82) is 0 Å². The zero-order valence-corrected chi connectivity index (χ0v) is 13.6. The number of morpholine rings is 1. The summed E-state index contributed by atoms with van der Waals surface area (Å²) in [5.74, 6) is -0.215. The van der Waals surface area contributed by atoms with Crippen LogP contribution >= 0.6 is 0 Å². The van der Waals surface area contributed by atoms with E-state index in [2.05, 4.69) is 0 Å². The molecule has 1 amide bonds. The first kappa shape index (κ1) is 16.8. The lowest BCUT2D eigenvalue weighted by Crippen LogP contribution is -2.46. The molecule has 1 aromatic carbocycles. The van der Waals surface area contributed by atoms with Gasteiger partial charge in [-0.15, -0.1) is 0 Å². The van der Waals surface area contributed by atoms with Gasteiger partial charge in [0.05, 0.1) is 25.2 Å². The molecule has 1 atom stereocenters. The van der Waals surface area contributed by atoms with Gasteiger partial charge in [-0.1, -0.05) is 0 Å². The molecule has 6 heteroatoms. The van der Waals surface area contributed by atoms with Crippen LogP contribution in [-0.2, 0) is 9.53 Å². The van der Waals surface area contributed by atoms with E-state index >= 15 is 0 Å². The van der Waals surface area contributed by atoms with Crippen molar-refractivity contribution in [3.8, 4) is 5.75 Å². The second-order valence-electron chi connectivity index (χ2n) is 6.39. The molecule has 1 heterocycles. The molecule has 1 aliphatic heterocycles. The predicted octanol–water partition coefficient (Wildman–Crippen LogP) is 2.32. The summed E-state index contributed by atoms with van der Waals surface area (Å²) in [4.78, 5) is 25.0. The molecule has 0 spiro atoms. The number of carboxylic acid groups (broad SMARTS) is 1. The first-order valence-electron chi connectivity index (χ1n) is 8.51. The van der Waals surface area contributed by atoms with Crippen LogP contribution in [0.1, 0.15) is 42.5 Å². The molecule has 1 aliphatic carbocycles. The highest BCUT2D eigenvalue weighted by molar-refractivity contribution is 5.94. The van der Waals surface area contributed by atoms with Crippen molar-refractivity contribution >= 4 is 11.9 Å². The van der Waals surface area contributed by atoms with Crippen molar-refractivity contribution in [1.82, 2.24) is 4.90 Å². The van der Waals surface area contributed by atoms with Crippen LogP contribution in [-0.4, -0.2) is 53.8 Å². The molecule has 1 N–H and O–H groups in total. The van der Waals surface area contributed by atoms with E-state index in [0.29, 0.717) is 31.4 Å². The number of benzene rings is 1. The first-order valence-corrected chi connectivity index (χ1v) is 8.51. The number of amides is 1. The lowest BCUT2D eigenvalue weighted by atomic mass is 10.1. The van der Waals surface area contributed by atoms with Crippen LogP contribution in [0.2, 0.25) is 0 Å². The van der Waals surface area contributed by atoms with Crippen molar-refractivity contribution in [2.45, 2.75) is 44.3 Å². The Kier molecular flexibility index (Phi) is 5.35. The zero-order chi connectivity index (χ0) is 16.9. The first-order chi connectivity index (χ1) is 11.6. The van der Waals surface area contributed by atoms with Gasteiger partial charge in [0.15, 0.2) is 0 Å². The van der Waals surface area contributed by atoms with Crippen molar-refractivity contribution in [2.24, 2.45) is 0 Å². The summed E-state index contributed by atoms with van der Waals surface area (Å²) in [7, 11) is 0. The highest BCUT2D eigenvalue weighted by atomic mass is 16.5. The molecule has 24 heavy (non-hydrogen) atoms. The largest absolute Gasteiger partial charge is 0.490 e. The van der Waals surface area contributed by atoms with E-state index in [9.17, 15) is 9.59 Å². The lowest BCUT2D eigenvalue weighted by Gasteiger charge is -2.32. The van der Waals surface area contributed by atoms with Gasteiger partial charge >= 0.3 is 5.97 Å². The minimum absolute atomic E-state index is 0.0854. The van der Waals surface area contributed by atoms with Gasteiger partial charge in [-0.3, -0.25) is 9.59 Å². The highest BCUT2D eigenvalue weighted by Crippen LogP contribution is 2.24. The van der Waals surface area contributed by atoms with Crippen molar-refractivity contribution < 1.29 is 24.2 Å². The van der Waals surface area contributed by atoms with Crippen LogP contribution < -0.4 is 4.74 Å². The quantitative estimate of drug-likeness (QED) is 0.895. The van der Waals surface area contributed by atoms with Gasteiger partial charge in [-0.05, 0) is 49.9 Å². The van der Waals surface area contributed by atoms with E-state index < -0.39 is 12.1 Å². The second-order valence-corrected chi connectivity index (χ2v) is 6.39. The lowest BCUT2D eigenvalue weighted by molar-refractivity contribution is -0.141. The Bertz CT molecular complexity index is 580. The summed E-state index contributed by atoms with van der Waals surface area (Å²) in [6.45, 7) is 1.16. The summed E-state index contributed by atoms with van der Waals surface area (Å²) in [5.41, 5.74) is 0.588. The molecule has 2 aliphatic rings. The highest BCUT2D eigenvalue weighted by Gasteiger charge is 2.26. The van der Waals surface area contributed by atoms with Gasteiger partial charge in [-0.25, -0.2) is 0 Å². The van der Waals surface area contributed by atoms with Crippen molar-refractivity contribution in [3.63, 3.8) is 0 Å². The van der Waals surface area contributed by atoms with Gasteiger partial charge in [0.1, 0.15) is 5.75 Å². The molecule has 1 saturated carbocycles. The summed E-state index contributed by atoms with van der Waals surface area (Å²) >= 11 is 0. The summed E-state index contributed by atoms with van der Waals surface area (Å²) < 4.78 is 11.3. The normalized spacial score (nSPS) is 21.7. The Hall–Kier alpha value is -2.08. The van der Waals surface area contributed by atoms with E-state index in [-0.39, 0.29) is 12.3 Å². The van der Waals surface area contributed by atoms with Crippen LogP contribution in [0, 0.1) is 0 Å². The van der Waals surface area contributed by atoms with Gasteiger partial charge in [0, 0.05) is 18.7 Å². The molecule has 0 radical (unpaired) electrons. The number of carbonyl (C=O) groups excluding carboxylic acids is 1. The topological polar surface area (TPSA) is 76.1 Å². The molecular formula is C18H23NO5. The third kappa shape index (κ3) is 4.26. The van der Waals surface area contributed by atoms with Crippen LogP contribution in [0.5, 0.6) is 5.75 Å². The maximum absolute atomic E-state index is 12.6. The molecule has 6 nitrogen and oxygen atoms in total. The molecule has 0 aromatic heterocycles. The fraction of sp³-hybridized carbons (Fsp3) is 0.556. The minimum atomic E-state index is -0.914.